The first-order chi connectivity index (χ1) is 13.4. The molecule has 4 aromatic rings. The lowest BCUT2D eigenvalue weighted by atomic mass is 9.75. The molecule has 0 atom stereocenters. The maximum Gasteiger partial charge on any atom is 0.295 e. The highest BCUT2D eigenvalue weighted by molar-refractivity contribution is 5.99. The zero-order valence-corrected chi connectivity index (χ0v) is 17.0. The number of nitrogens with zero attached hydrogens (tertiary/aromatic N) is 1. The first-order valence-electron chi connectivity index (χ1n) is 9.68. The topological polar surface area (TPSA) is 26.2 Å². The average Bonchev–Trinajstić information content (AvgIpc) is 3.02. The van der Waals surface area contributed by atoms with Crippen LogP contribution in [0, 0.1) is 13.8 Å². The first kappa shape index (κ1) is 17.1. The Kier molecular flexibility index (Phi) is 3.48. The summed E-state index contributed by atoms with van der Waals surface area (Å²) >= 11 is 0. The minimum absolute atomic E-state index is 0.221. The fourth-order valence-corrected chi connectivity index (χ4v) is 4.56. The van der Waals surface area contributed by atoms with Crippen LogP contribution in [0.5, 0.6) is 11.7 Å². The Hall–Kier alpha value is -3.07. The Morgan fingerprint density at radius 1 is 0.929 bits per heavy atom. The molecule has 2 aromatic heterocycles. The maximum atomic E-state index is 6.23. The fourth-order valence-electron chi connectivity index (χ4n) is 4.56. The van der Waals surface area contributed by atoms with Crippen molar-refractivity contribution in [2.24, 2.45) is 7.05 Å². The molecule has 0 aliphatic carbocycles. The van der Waals surface area contributed by atoms with Gasteiger partial charge in [-0.1, -0.05) is 38.1 Å². The number of ether oxygens (including phenoxy) is 1. The molecule has 3 heterocycles. The van der Waals surface area contributed by atoms with Crippen LogP contribution in [0.2, 0.25) is 0 Å². The van der Waals surface area contributed by atoms with Crippen LogP contribution in [-0.2, 0) is 12.5 Å². The number of aromatic nitrogens is 1. The molecule has 140 valence electrons. The molecule has 28 heavy (non-hydrogen) atoms. The van der Waals surface area contributed by atoms with Gasteiger partial charge in [-0.05, 0) is 37.6 Å². The zero-order chi connectivity index (χ0) is 19.6. The van der Waals surface area contributed by atoms with Crippen LogP contribution >= 0.6 is 0 Å². The van der Waals surface area contributed by atoms with Gasteiger partial charge < -0.3 is 9.15 Å². The first-order valence-corrected chi connectivity index (χ1v) is 9.68. The van der Waals surface area contributed by atoms with Gasteiger partial charge in [-0.25, -0.2) is 4.57 Å². The normalized spacial score (nSPS) is 14.5. The third-order valence-electron chi connectivity index (χ3n) is 5.96. The quantitative estimate of drug-likeness (QED) is 0.386. The highest BCUT2D eigenvalue weighted by atomic mass is 16.6. The third-order valence-corrected chi connectivity index (χ3v) is 5.96. The van der Waals surface area contributed by atoms with Crippen molar-refractivity contribution in [2.75, 3.05) is 0 Å². The van der Waals surface area contributed by atoms with E-state index in [-0.39, 0.29) is 5.41 Å². The smallest absolute Gasteiger partial charge is 0.295 e. The molecule has 1 aliphatic heterocycles. The largest absolute Gasteiger partial charge is 0.425 e. The Bertz CT molecular complexity index is 1250. The summed E-state index contributed by atoms with van der Waals surface area (Å²) < 4.78 is 14.6. The minimum atomic E-state index is -0.221. The van der Waals surface area contributed by atoms with Crippen molar-refractivity contribution >= 4 is 11.0 Å². The third kappa shape index (κ3) is 2.26. The number of benzene rings is 2. The van der Waals surface area contributed by atoms with Crippen LogP contribution in [0.25, 0.3) is 22.2 Å². The lowest BCUT2D eigenvalue weighted by Crippen LogP contribution is -2.31. The highest BCUT2D eigenvalue weighted by Gasteiger charge is 2.40. The van der Waals surface area contributed by atoms with Crippen LogP contribution in [0.1, 0.15) is 36.1 Å². The number of para-hydroxylation sites is 1. The summed E-state index contributed by atoms with van der Waals surface area (Å²) in [6, 6.07) is 16.8. The molecule has 3 nitrogen and oxygen atoms in total. The second kappa shape index (κ2) is 5.71. The second-order valence-electron chi connectivity index (χ2n) is 8.32. The summed E-state index contributed by atoms with van der Waals surface area (Å²) in [5.74, 6) is 1.48. The molecule has 1 aliphatic rings. The van der Waals surface area contributed by atoms with Gasteiger partial charge in [-0.15, -0.1) is 0 Å². The Morgan fingerprint density at radius 2 is 1.71 bits per heavy atom. The van der Waals surface area contributed by atoms with E-state index in [0.717, 1.165) is 22.3 Å². The highest BCUT2D eigenvalue weighted by Crippen LogP contribution is 2.53. The SMILES string of the molecule is Cc1ccc(-c2c(C)ccc3oc4c(c23)C(C)(C)c2ccccc2O4)[n+](C)c1. The summed E-state index contributed by atoms with van der Waals surface area (Å²) in [4.78, 5) is 0. The van der Waals surface area contributed by atoms with Gasteiger partial charge in [-0.2, -0.15) is 0 Å². The van der Waals surface area contributed by atoms with Crippen LogP contribution in [0.15, 0.2) is 59.1 Å². The monoisotopic (exact) mass is 370 g/mol. The molecule has 0 N–H and O–H groups in total. The van der Waals surface area contributed by atoms with E-state index in [4.69, 9.17) is 9.15 Å². The van der Waals surface area contributed by atoms with Gasteiger partial charge in [0.05, 0.1) is 11.1 Å². The van der Waals surface area contributed by atoms with E-state index >= 15 is 0 Å². The van der Waals surface area contributed by atoms with Gasteiger partial charge in [0.2, 0.25) is 5.69 Å². The van der Waals surface area contributed by atoms with Gasteiger partial charge in [0, 0.05) is 28.0 Å². The van der Waals surface area contributed by atoms with Crippen molar-refractivity contribution in [3.63, 3.8) is 0 Å². The Morgan fingerprint density at radius 3 is 2.50 bits per heavy atom. The maximum absolute atomic E-state index is 6.23. The van der Waals surface area contributed by atoms with Crippen LogP contribution < -0.4 is 9.30 Å². The molecule has 0 saturated carbocycles. The summed E-state index contributed by atoms with van der Waals surface area (Å²) in [6.07, 6.45) is 2.16. The summed E-state index contributed by atoms with van der Waals surface area (Å²) in [7, 11) is 2.10. The molecule has 0 amide bonds. The van der Waals surface area contributed by atoms with Gasteiger partial charge in [-0.3, -0.25) is 0 Å². The van der Waals surface area contributed by atoms with Crippen LogP contribution in [0.3, 0.4) is 0 Å². The second-order valence-corrected chi connectivity index (χ2v) is 8.32. The number of fused-ring (bicyclic) bond motifs is 4. The van der Waals surface area contributed by atoms with E-state index in [9.17, 15) is 0 Å². The molecular weight excluding hydrogens is 346 g/mol. The average molecular weight is 370 g/mol. The molecule has 0 spiro atoms. The molecule has 0 unspecified atom stereocenters. The summed E-state index contributed by atoms with van der Waals surface area (Å²) in [5, 5.41) is 1.15. The number of hydrogen-bond donors (Lipinski definition) is 0. The number of aryl methyl sites for hydroxylation is 3. The van der Waals surface area contributed by atoms with Gasteiger partial charge >= 0.3 is 0 Å². The van der Waals surface area contributed by atoms with E-state index in [1.54, 1.807) is 0 Å². The lowest BCUT2D eigenvalue weighted by molar-refractivity contribution is -0.660. The predicted octanol–water partition coefficient (Wildman–Crippen LogP) is 5.97. The molecule has 5 rings (SSSR count). The molecule has 0 fully saturated rings. The number of rotatable bonds is 1. The van der Waals surface area contributed by atoms with Crippen LogP contribution in [0.4, 0.5) is 0 Å². The van der Waals surface area contributed by atoms with E-state index in [0.29, 0.717) is 5.95 Å². The van der Waals surface area contributed by atoms with Crippen LogP contribution in [-0.4, -0.2) is 0 Å². The van der Waals surface area contributed by atoms with Crippen molar-refractivity contribution in [2.45, 2.75) is 33.1 Å². The predicted molar refractivity (Wildman–Crippen MR) is 111 cm³/mol. The van der Waals surface area contributed by atoms with Crippen molar-refractivity contribution in [1.29, 1.82) is 0 Å². The molecule has 0 bridgehead atoms. The molecule has 2 aromatic carbocycles. The standard InChI is InChI=1S/C25H24NO2/c1-15-10-12-18(26(5)14-15)21-16(2)11-13-20-22(21)23-24(28-20)27-19-9-7-6-8-17(19)25(23,3)4/h6-14H,1-5H3/q+1. The fraction of sp³-hybridized carbons (Fsp3) is 0.240. The molecular formula is C25H24NO2+. The van der Waals surface area contributed by atoms with E-state index in [1.165, 1.54) is 27.9 Å². The molecule has 0 radical (unpaired) electrons. The minimum Gasteiger partial charge on any atom is -0.425 e. The number of hydrogen-bond acceptors (Lipinski definition) is 2. The summed E-state index contributed by atoms with van der Waals surface area (Å²) in [5.41, 5.74) is 7.81. The zero-order valence-electron chi connectivity index (χ0n) is 17.0. The Balaban J connectivity index is 1.89. The Labute approximate surface area is 165 Å². The number of furan rings is 1. The van der Waals surface area contributed by atoms with E-state index in [1.807, 2.05) is 12.1 Å². The van der Waals surface area contributed by atoms with E-state index < -0.39 is 0 Å². The van der Waals surface area contributed by atoms with Crippen molar-refractivity contribution in [3.05, 3.63) is 77.0 Å². The van der Waals surface area contributed by atoms with Crippen molar-refractivity contribution < 1.29 is 13.7 Å². The van der Waals surface area contributed by atoms with Gasteiger partial charge in [0.25, 0.3) is 5.95 Å². The van der Waals surface area contributed by atoms with Gasteiger partial charge in [0.15, 0.2) is 6.20 Å². The number of pyridine rings is 1. The van der Waals surface area contributed by atoms with Gasteiger partial charge in [0.1, 0.15) is 18.4 Å². The molecule has 0 saturated heterocycles. The van der Waals surface area contributed by atoms with Crippen molar-refractivity contribution in [3.8, 4) is 23.0 Å². The van der Waals surface area contributed by atoms with Crippen molar-refractivity contribution in [1.82, 2.24) is 0 Å². The lowest BCUT2D eigenvalue weighted by Gasteiger charge is -2.31. The van der Waals surface area contributed by atoms with E-state index in [2.05, 4.69) is 81.9 Å². The summed E-state index contributed by atoms with van der Waals surface area (Å²) in [6.45, 7) is 8.79. The molecule has 3 heteroatoms.